The van der Waals surface area contributed by atoms with E-state index in [0.717, 1.165) is 0 Å². The zero-order chi connectivity index (χ0) is 16.4. The van der Waals surface area contributed by atoms with Crippen molar-refractivity contribution < 1.29 is 23.9 Å². The molecule has 2 saturated heterocycles. The Balaban J connectivity index is 1.55. The minimum absolute atomic E-state index is 0.0378. The molecule has 1 N–H and O–H groups in total. The van der Waals surface area contributed by atoms with Gasteiger partial charge in [0.05, 0.1) is 24.6 Å². The molecule has 2 amide bonds. The summed E-state index contributed by atoms with van der Waals surface area (Å²) in [4.78, 5) is 38.9. The van der Waals surface area contributed by atoms with Crippen LogP contribution in [-0.2, 0) is 20.9 Å². The number of piperidine rings is 1. The molecule has 124 valence electrons. The molecule has 0 radical (unpaired) electrons. The second-order valence-electron chi connectivity index (χ2n) is 6.19. The van der Waals surface area contributed by atoms with E-state index in [1.54, 1.807) is 28.2 Å². The van der Waals surface area contributed by atoms with E-state index in [4.69, 9.17) is 9.52 Å². The van der Waals surface area contributed by atoms with E-state index >= 15 is 0 Å². The van der Waals surface area contributed by atoms with E-state index in [1.807, 2.05) is 0 Å². The van der Waals surface area contributed by atoms with Gasteiger partial charge in [0, 0.05) is 26.1 Å². The first kappa shape index (κ1) is 15.6. The average Bonchev–Trinajstić information content (AvgIpc) is 3.17. The highest BCUT2D eigenvalue weighted by Gasteiger charge is 2.38. The Morgan fingerprint density at radius 3 is 2.61 bits per heavy atom. The van der Waals surface area contributed by atoms with Crippen molar-refractivity contribution in [3.8, 4) is 0 Å². The average molecular weight is 320 g/mol. The molecule has 7 nitrogen and oxygen atoms in total. The third-order valence-corrected chi connectivity index (χ3v) is 4.65. The summed E-state index contributed by atoms with van der Waals surface area (Å²) in [7, 11) is 0. The van der Waals surface area contributed by atoms with Gasteiger partial charge in [0.15, 0.2) is 0 Å². The molecule has 3 rings (SSSR count). The van der Waals surface area contributed by atoms with Crippen LogP contribution < -0.4 is 0 Å². The number of carboxylic acid groups (broad SMARTS) is 1. The lowest BCUT2D eigenvalue weighted by atomic mass is 9.95. The first-order chi connectivity index (χ1) is 11.0. The van der Waals surface area contributed by atoms with Crippen LogP contribution in [0.25, 0.3) is 0 Å². The van der Waals surface area contributed by atoms with Crippen molar-refractivity contribution in [1.82, 2.24) is 9.80 Å². The molecular formula is C16H20N2O5. The topological polar surface area (TPSA) is 91.1 Å². The number of amides is 2. The van der Waals surface area contributed by atoms with Gasteiger partial charge in [-0.1, -0.05) is 0 Å². The van der Waals surface area contributed by atoms with Gasteiger partial charge in [-0.25, -0.2) is 0 Å². The van der Waals surface area contributed by atoms with Crippen LogP contribution in [-0.4, -0.2) is 52.3 Å². The fraction of sp³-hybridized carbons (Fsp3) is 0.562. The monoisotopic (exact) mass is 320 g/mol. The lowest BCUT2D eigenvalue weighted by Gasteiger charge is -2.31. The zero-order valence-electron chi connectivity index (χ0n) is 12.8. The molecule has 0 spiro atoms. The maximum Gasteiger partial charge on any atom is 0.306 e. The molecule has 0 saturated carbocycles. The number of carbonyl (C=O) groups is 3. The van der Waals surface area contributed by atoms with E-state index in [-0.39, 0.29) is 30.1 Å². The first-order valence-electron chi connectivity index (χ1n) is 7.86. The van der Waals surface area contributed by atoms with E-state index < -0.39 is 5.97 Å². The van der Waals surface area contributed by atoms with Crippen LogP contribution in [0.4, 0.5) is 0 Å². The number of hydrogen-bond donors (Lipinski definition) is 1. The van der Waals surface area contributed by atoms with E-state index in [1.165, 1.54) is 0 Å². The van der Waals surface area contributed by atoms with Crippen molar-refractivity contribution in [3.63, 3.8) is 0 Å². The summed E-state index contributed by atoms with van der Waals surface area (Å²) in [5, 5.41) is 9.00. The van der Waals surface area contributed by atoms with Gasteiger partial charge in [-0.05, 0) is 25.0 Å². The number of carbonyl (C=O) groups excluding carboxylic acids is 2. The Bertz CT molecular complexity index is 590. The summed E-state index contributed by atoms with van der Waals surface area (Å²) in [5.41, 5.74) is 0. The summed E-state index contributed by atoms with van der Waals surface area (Å²) in [6, 6.07) is 3.57. The van der Waals surface area contributed by atoms with Gasteiger partial charge >= 0.3 is 5.97 Å². The molecule has 23 heavy (non-hydrogen) atoms. The summed E-state index contributed by atoms with van der Waals surface area (Å²) in [5.74, 6) is -0.866. The maximum atomic E-state index is 12.5. The van der Waals surface area contributed by atoms with Crippen molar-refractivity contribution in [3.05, 3.63) is 24.2 Å². The molecule has 3 heterocycles. The van der Waals surface area contributed by atoms with Gasteiger partial charge in [-0.2, -0.15) is 0 Å². The van der Waals surface area contributed by atoms with Gasteiger partial charge in [0.25, 0.3) is 0 Å². The van der Waals surface area contributed by atoms with Crippen LogP contribution >= 0.6 is 0 Å². The highest BCUT2D eigenvalue weighted by Crippen LogP contribution is 2.25. The van der Waals surface area contributed by atoms with Crippen LogP contribution in [0.1, 0.15) is 25.0 Å². The normalized spacial score (nSPS) is 22.6. The van der Waals surface area contributed by atoms with Crippen LogP contribution in [0.2, 0.25) is 0 Å². The van der Waals surface area contributed by atoms with Crippen LogP contribution in [0, 0.1) is 11.8 Å². The lowest BCUT2D eigenvalue weighted by Crippen LogP contribution is -2.43. The third kappa shape index (κ3) is 3.38. The number of rotatable bonds is 4. The van der Waals surface area contributed by atoms with Gasteiger partial charge in [-0.15, -0.1) is 0 Å². The van der Waals surface area contributed by atoms with Gasteiger partial charge in [0.1, 0.15) is 5.76 Å². The van der Waals surface area contributed by atoms with E-state index in [0.29, 0.717) is 44.8 Å². The quantitative estimate of drug-likeness (QED) is 0.892. The van der Waals surface area contributed by atoms with Gasteiger partial charge in [0.2, 0.25) is 11.8 Å². The predicted octanol–water partition coefficient (Wildman–Crippen LogP) is 0.951. The predicted molar refractivity (Wildman–Crippen MR) is 79.2 cm³/mol. The van der Waals surface area contributed by atoms with Crippen LogP contribution in [0.3, 0.4) is 0 Å². The highest BCUT2D eigenvalue weighted by molar-refractivity contribution is 5.89. The Kier molecular flexibility index (Phi) is 4.36. The fourth-order valence-electron chi connectivity index (χ4n) is 3.29. The van der Waals surface area contributed by atoms with Crippen molar-refractivity contribution in [2.75, 3.05) is 19.6 Å². The van der Waals surface area contributed by atoms with Gasteiger partial charge in [-0.3, -0.25) is 14.4 Å². The second-order valence-corrected chi connectivity index (χ2v) is 6.19. The molecule has 2 aliphatic rings. The Morgan fingerprint density at radius 1 is 1.26 bits per heavy atom. The third-order valence-electron chi connectivity index (χ3n) is 4.65. The van der Waals surface area contributed by atoms with E-state index in [9.17, 15) is 14.4 Å². The van der Waals surface area contributed by atoms with Gasteiger partial charge < -0.3 is 19.3 Å². The van der Waals surface area contributed by atoms with Crippen molar-refractivity contribution >= 4 is 17.8 Å². The zero-order valence-corrected chi connectivity index (χ0v) is 12.8. The molecule has 1 aromatic rings. The van der Waals surface area contributed by atoms with E-state index in [2.05, 4.69) is 0 Å². The summed E-state index contributed by atoms with van der Waals surface area (Å²) in [6.45, 7) is 1.70. The fourth-order valence-corrected chi connectivity index (χ4v) is 3.29. The Morgan fingerprint density at radius 2 is 2.00 bits per heavy atom. The highest BCUT2D eigenvalue weighted by atomic mass is 16.4. The maximum absolute atomic E-state index is 12.5. The summed E-state index contributed by atoms with van der Waals surface area (Å²) < 4.78 is 5.25. The lowest BCUT2D eigenvalue weighted by molar-refractivity contribution is -0.146. The molecule has 1 atom stereocenters. The molecule has 1 aromatic heterocycles. The number of nitrogens with zero attached hydrogens (tertiary/aromatic N) is 2. The smallest absolute Gasteiger partial charge is 0.306 e. The number of carboxylic acids is 1. The van der Waals surface area contributed by atoms with Crippen LogP contribution in [0.15, 0.2) is 22.8 Å². The summed E-state index contributed by atoms with van der Waals surface area (Å²) in [6.07, 6.45) is 2.75. The molecule has 0 aromatic carbocycles. The van der Waals surface area contributed by atoms with Crippen molar-refractivity contribution in [1.29, 1.82) is 0 Å². The van der Waals surface area contributed by atoms with Crippen molar-refractivity contribution in [2.45, 2.75) is 25.8 Å². The molecule has 0 bridgehead atoms. The minimum atomic E-state index is -0.794. The first-order valence-corrected chi connectivity index (χ1v) is 7.86. The number of furan rings is 1. The molecule has 2 fully saturated rings. The summed E-state index contributed by atoms with van der Waals surface area (Å²) >= 11 is 0. The van der Waals surface area contributed by atoms with Crippen LogP contribution in [0.5, 0.6) is 0 Å². The molecule has 0 aliphatic carbocycles. The molecule has 1 unspecified atom stereocenters. The molecule has 2 aliphatic heterocycles. The number of hydrogen-bond acceptors (Lipinski definition) is 4. The standard InChI is InChI=1S/C16H20N2O5/c19-14-8-12(9-18(14)10-13-2-1-7-23-13)15(20)17-5-3-11(4-6-17)16(21)22/h1-2,7,11-12H,3-6,8-10H2,(H,21,22). The molecular weight excluding hydrogens is 300 g/mol. The number of aliphatic carboxylic acids is 1. The number of likely N-dealkylation sites (tertiary alicyclic amines) is 2. The Hall–Kier alpha value is -2.31. The second kappa shape index (κ2) is 6.44. The minimum Gasteiger partial charge on any atom is -0.481 e. The van der Waals surface area contributed by atoms with Crippen molar-refractivity contribution in [2.24, 2.45) is 11.8 Å². The SMILES string of the molecule is O=C(O)C1CCN(C(=O)C2CC(=O)N(Cc3ccco3)C2)CC1. The largest absolute Gasteiger partial charge is 0.481 e. The molecule has 7 heteroatoms. The Labute approximate surface area is 133 Å².